The van der Waals surface area contributed by atoms with E-state index in [9.17, 15) is 13.6 Å². The summed E-state index contributed by atoms with van der Waals surface area (Å²) in [5.74, 6) is -0.909. The van der Waals surface area contributed by atoms with Gasteiger partial charge in [0.05, 0.1) is 17.6 Å². The zero-order chi connectivity index (χ0) is 17.6. The van der Waals surface area contributed by atoms with E-state index in [4.69, 9.17) is 4.74 Å². The molecule has 3 rings (SSSR count). The van der Waals surface area contributed by atoms with E-state index in [1.807, 2.05) is 0 Å². The van der Waals surface area contributed by atoms with Crippen molar-refractivity contribution < 1.29 is 18.3 Å². The Morgan fingerprint density at radius 1 is 1.00 bits per heavy atom. The molecule has 0 aliphatic rings. The van der Waals surface area contributed by atoms with Gasteiger partial charge in [-0.15, -0.1) is 0 Å². The molecule has 0 radical (unpaired) electrons. The first-order valence-corrected chi connectivity index (χ1v) is 7.51. The largest absolute Gasteiger partial charge is 0.482 e. The Hall–Kier alpha value is -3.28. The van der Waals surface area contributed by atoms with Crippen LogP contribution in [0.2, 0.25) is 0 Å². The maximum Gasteiger partial charge on any atom is 0.262 e. The zero-order valence-electron chi connectivity index (χ0n) is 13.1. The highest BCUT2D eigenvalue weighted by molar-refractivity contribution is 5.91. The third-order valence-electron chi connectivity index (χ3n) is 3.39. The minimum atomic E-state index is -0.513. The molecule has 0 bridgehead atoms. The second kappa shape index (κ2) is 7.53. The lowest BCUT2D eigenvalue weighted by Gasteiger charge is -2.08. The summed E-state index contributed by atoms with van der Waals surface area (Å²) in [5.41, 5.74) is 1.52. The van der Waals surface area contributed by atoms with Crippen LogP contribution in [0, 0.1) is 11.6 Å². The second-order valence-electron chi connectivity index (χ2n) is 5.20. The summed E-state index contributed by atoms with van der Waals surface area (Å²) in [4.78, 5) is 16.0. The molecule has 0 fully saturated rings. The lowest BCUT2D eigenvalue weighted by atomic mass is 10.1. The van der Waals surface area contributed by atoms with Crippen molar-refractivity contribution in [1.82, 2.24) is 4.98 Å². The number of aromatic nitrogens is 1. The second-order valence-corrected chi connectivity index (χ2v) is 5.20. The van der Waals surface area contributed by atoms with Crippen molar-refractivity contribution >= 4 is 11.6 Å². The number of amides is 1. The molecule has 25 heavy (non-hydrogen) atoms. The van der Waals surface area contributed by atoms with Gasteiger partial charge >= 0.3 is 0 Å². The normalized spacial score (nSPS) is 10.3. The molecule has 1 N–H and O–H groups in total. The third kappa shape index (κ3) is 4.38. The SMILES string of the molecule is O=C(COc1ccc(-c2ccc(F)cc2)nc1)Nc1ccccc1F. The Labute approximate surface area is 143 Å². The van der Waals surface area contributed by atoms with E-state index in [-0.39, 0.29) is 18.1 Å². The molecule has 0 saturated heterocycles. The Balaban J connectivity index is 1.57. The summed E-state index contributed by atoms with van der Waals surface area (Å²) < 4.78 is 31.7. The number of halogens is 2. The maximum absolute atomic E-state index is 13.5. The highest BCUT2D eigenvalue weighted by Crippen LogP contribution is 2.20. The van der Waals surface area contributed by atoms with E-state index in [1.165, 1.54) is 36.5 Å². The van der Waals surface area contributed by atoms with Crippen LogP contribution in [0.1, 0.15) is 0 Å². The van der Waals surface area contributed by atoms with Gasteiger partial charge < -0.3 is 10.1 Å². The average Bonchev–Trinajstić information content (AvgIpc) is 2.63. The van der Waals surface area contributed by atoms with E-state index in [1.54, 1.807) is 30.3 Å². The summed E-state index contributed by atoms with van der Waals surface area (Å²) in [6.07, 6.45) is 1.47. The van der Waals surface area contributed by atoms with Crippen LogP contribution in [0.3, 0.4) is 0 Å². The molecule has 0 aliphatic carbocycles. The molecular weight excluding hydrogens is 326 g/mol. The van der Waals surface area contributed by atoms with Crippen molar-refractivity contribution in [3.8, 4) is 17.0 Å². The van der Waals surface area contributed by atoms with Gasteiger partial charge in [0.1, 0.15) is 17.4 Å². The Morgan fingerprint density at radius 2 is 1.76 bits per heavy atom. The molecule has 1 aromatic heterocycles. The zero-order valence-corrected chi connectivity index (χ0v) is 13.1. The van der Waals surface area contributed by atoms with Crippen molar-refractivity contribution in [2.24, 2.45) is 0 Å². The molecule has 0 spiro atoms. The number of benzene rings is 2. The monoisotopic (exact) mass is 340 g/mol. The number of ether oxygens (including phenoxy) is 1. The molecule has 0 aliphatic heterocycles. The Kier molecular flexibility index (Phi) is 4.99. The summed E-state index contributed by atoms with van der Waals surface area (Å²) in [7, 11) is 0. The Morgan fingerprint density at radius 3 is 2.44 bits per heavy atom. The minimum Gasteiger partial charge on any atom is -0.482 e. The number of anilines is 1. The van der Waals surface area contributed by atoms with E-state index in [2.05, 4.69) is 10.3 Å². The first kappa shape index (κ1) is 16.6. The van der Waals surface area contributed by atoms with Crippen molar-refractivity contribution in [3.05, 3.63) is 78.5 Å². The lowest BCUT2D eigenvalue weighted by Crippen LogP contribution is -2.20. The van der Waals surface area contributed by atoms with Crippen LogP contribution in [-0.2, 0) is 4.79 Å². The van der Waals surface area contributed by atoms with E-state index in [0.717, 1.165) is 5.56 Å². The Bertz CT molecular complexity index is 865. The first-order valence-electron chi connectivity index (χ1n) is 7.51. The maximum atomic E-state index is 13.5. The third-order valence-corrected chi connectivity index (χ3v) is 3.39. The number of rotatable bonds is 5. The van der Waals surface area contributed by atoms with Gasteiger partial charge in [-0.2, -0.15) is 0 Å². The number of nitrogens with zero attached hydrogens (tertiary/aromatic N) is 1. The molecule has 1 heterocycles. The number of carbonyl (C=O) groups excluding carboxylic acids is 1. The molecule has 4 nitrogen and oxygen atoms in total. The van der Waals surface area contributed by atoms with Crippen molar-refractivity contribution in [2.45, 2.75) is 0 Å². The molecule has 2 aromatic carbocycles. The van der Waals surface area contributed by atoms with Gasteiger partial charge in [0.2, 0.25) is 0 Å². The van der Waals surface area contributed by atoms with Gasteiger partial charge in [0.15, 0.2) is 6.61 Å². The number of carbonyl (C=O) groups is 1. The number of para-hydroxylation sites is 1. The molecular formula is C19H14F2N2O2. The quantitative estimate of drug-likeness (QED) is 0.762. The molecule has 126 valence electrons. The fraction of sp³-hybridized carbons (Fsp3) is 0.0526. The fourth-order valence-electron chi connectivity index (χ4n) is 2.15. The van der Waals surface area contributed by atoms with E-state index < -0.39 is 11.7 Å². The lowest BCUT2D eigenvalue weighted by molar-refractivity contribution is -0.118. The molecule has 3 aromatic rings. The predicted molar refractivity (Wildman–Crippen MR) is 90.2 cm³/mol. The molecule has 0 unspecified atom stereocenters. The van der Waals surface area contributed by atoms with Crippen molar-refractivity contribution in [2.75, 3.05) is 11.9 Å². The molecule has 0 atom stereocenters. The highest BCUT2D eigenvalue weighted by Gasteiger charge is 2.07. The van der Waals surface area contributed by atoms with Crippen molar-refractivity contribution in [3.63, 3.8) is 0 Å². The number of hydrogen-bond acceptors (Lipinski definition) is 3. The number of nitrogens with one attached hydrogen (secondary N) is 1. The molecule has 0 saturated carbocycles. The standard InChI is InChI=1S/C19H14F2N2O2/c20-14-7-5-13(6-8-14)17-10-9-15(11-22-17)25-12-19(24)23-18-4-2-1-3-16(18)21/h1-11H,12H2,(H,23,24). The van der Waals surface area contributed by atoms with Gasteiger partial charge in [-0.1, -0.05) is 12.1 Å². The smallest absolute Gasteiger partial charge is 0.262 e. The van der Waals surface area contributed by atoms with Crippen LogP contribution < -0.4 is 10.1 Å². The van der Waals surface area contributed by atoms with Gasteiger partial charge in [0.25, 0.3) is 5.91 Å². The predicted octanol–water partition coefficient (Wildman–Crippen LogP) is 4.04. The van der Waals surface area contributed by atoms with Crippen LogP contribution in [-0.4, -0.2) is 17.5 Å². The summed E-state index contributed by atoms with van der Waals surface area (Å²) in [6.45, 7) is -0.272. The van der Waals surface area contributed by atoms with Crippen LogP contribution in [0.25, 0.3) is 11.3 Å². The average molecular weight is 340 g/mol. The summed E-state index contributed by atoms with van der Waals surface area (Å²) in [5, 5.41) is 2.43. The molecule has 1 amide bonds. The highest BCUT2D eigenvalue weighted by atomic mass is 19.1. The van der Waals surface area contributed by atoms with Crippen LogP contribution in [0.4, 0.5) is 14.5 Å². The van der Waals surface area contributed by atoms with E-state index in [0.29, 0.717) is 11.4 Å². The van der Waals surface area contributed by atoms with Gasteiger partial charge in [-0.3, -0.25) is 9.78 Å². The van der Waals surface area contributed by atoms with Crippen LogP contribution >= 0.6 is 0 Å². The van der Waals surface area contributed by atoms with Gasteiger partial charge in [0, 0.05) is 5.56 Å². The number of hydrogen-bond donors (Lipinski definition) is 1. The van der Waals surface area contributed by atoms with Crippen LogP contribution in [0.5, 0.6) is 5.75 Å². The topological polar surface area (TPSA) is 51.2 Å². The summed E-state index contributed by atoms with van der Waals surface area (Å²) in [6, 6.07) is 15.2. The first-order chi connectivity index (χ1) is 12.1. The van der Waals surface area contributed by atoms with Gasteiger partial charge in [-0.05, 0) is 48.5 Å². The molecule has 6 heteroatoms. The van der Waals surface area contributed by atoms with Crippen LogP contribution in [0.15, 0.2) is 66.9 Å². The number of pyridine rings is 1. The van der Waals surface area contributed by atoms with E-state index >= 15 is 0 Å². The van der Waals surface area contributed by atoms with Crippen molar-refractivity contribution in [1.29, 1.82) is 0 Å². The summed E-state index contributed by atoms with van der Waals surface area (Å²) >= 11 is 0. The fourth-order valence-corrected chi connectivity index (χ4v) is 2.15. The van der Waals surface area contributed by atoms with Gasteiger partial charge in [-0.25, -0.2) is 8.78 Å². The minimum absolute atomic E-state index is 0.0980.